The highest BCUT2D eigenvalue weighted by Gasteiger charge is 2.30. The highest BCUT2D eigenvalue weighted by atomic mass is 16.5. The molecule has 2 aromatic heterocycles. The molecule has 1 saturated heterocycles. The number of imide groups is 1. The second-order valence-corrected chi connectivity index (χ2v) is 8.66. The first-order chi connectivity index (χ1) is 18.4. The van der Waals surface area contributed by atoms with Crippen LogP contribution >= 0.6 is 0 Å². The fraction of sp³-hybridized carbons (Fsp3) is 0.185. The van der Waals surface area contributed by atoms with Crippen LogP contribution in [0.2, 0.25) is 0 Å². The summed E-state index contributed by atoms with van der Waals surface area (Å²) in [5.41, 5.74) is 1.01. The molecule has 11 heteroatoms. The van der Waals surface area contributed by atoms with Gasteiger partial charge in [-0.15, -0.1) is 0 Å². The van der Waals surface area contributed by atoms with Crippen LogP contribution in [0.1, 0.15) is 46.4 Å². The van der Waals surface area contributed by atoms with Gasteiger partial charge in [-0.25, -0.2) is 4.98 Å². The van der Waals surface area contributed by atoms with Gasteiger partial charge >= 0.3 is 0 Å². The third-order valence-corrected chi connectivity index (χ3v) is 6.19. The monoisotopic (exact) mass is 511 g/mol. The Labute approximate surface area is 215 Å². The summed E-state index contributed by atoms with van der Waals surface area (Å²) in [6, 6.07) is 14.2. The third kappa shape index (κ3) is 4.62. The number of para-hydroxylation sites is 1. The van der Waals surface area contributed by atoms with Crippen LogP contribution in [0, 0.1) is 18.3 Å². The smallest absolute Gasteiger partial charge is 0.291 e. The maximum atomic E-state index is 13.4. The van der Waals surface area contributed by atoms with E-state index in [0.29, 0.717) is 16.9 Å². The Bertz CT molecular complexity index is 1700. The Hall–Kier alpha value is -5.24. The molecule has 38 heavy (non-hydrogen) atoms. The van der Waals surface area contributed by atoms with Crippen LogP contribution in [-0.2, 0) is 16.2 Å². The maximum Gasteiger partial charge on any atom is 0.291 e. The lowest BCUT2D eigenvalue weighted by Gasteiger charge is -2.24. The number of aromatic nitrogens is 2. The minimum Gasteiger partial charge on any atom is -0.489 e. The van der Waals surface area contributed by atoms with Gasteiger partial charge in [0.2, 0.25) is 11.8 Å². The number of ether oxygens (including phenoxy) is 1. The number of carbonyl (C=O) groups excluding carboxylic acids is 3. The van der Waals surface area contributed by atoms with Crippen LogP contribution in [0.5, 0.6) is 5.75 Å². The predicted octanol–water partition coefficient (Wildman–Crippen LogP) is 2.98. The highest BCUT2D eigenvalue weighted by Crippen LogP contribution is 2.25. The summed E-state index contributed by atoms with van der Waals surface area (Å²) in [6.45, 7) is 1.62. The van der Waals surface area contributed by atoms with Gasteiger partial charge in [0, 0.05) is 12.0 Å². The van der Waals surface area contributed by atoms with Crippen LogP contribution in [0.4, 0.5) is 5.69 Å². The molecule has 2 aromatic carbocycles. The summed E-state index contributed by atoms with van der Waals surface area (Å²) >= 11 is 0. The number of nitrogens with zero attached hydrogens (tertiary/aromatic N) is 3. The number of carbonyl (C=O) groups is 3. The molecule has 0 bridgehead atoms. The maximum absolute atomic E-state index is 13.4. The van der Waals surface area contributed by atoms with E-state index in [-0.39, 0.29) is 53.5 Å². The molecule has 4 aromatic rings. The number of anilines is 1. The molecule has 0 saturated carbocycles. The summed E-state index contributed by atoms with van der Waals surface area (Å²) < 4.78 is 12.4. The van der Waals surface area contributed by atoms with E-state index in [2.05, 4.69) is 15.6 Å². The van der Waals surface area contributed by atoms with Gasteiger partial charge in [0.05, 0.1) is 29.0 Å². The summed E-state index contributed by atoms with van der Waals surface area (Å²) in [4.78, 5) is 54.9. The molecule has 2 N–H and O–H groups in total. The molecule has 0 aliphatic carbocycles. The van der Waals surface area contributed by atoms with Crippen LogP contribution < -0.4 is 20.9 Å². The van der Waals surface area contributed by atoms with Gasteiger partial charge < -0.3 is 14.5 Å². The van der Waals surface area contributed by atoms with Crippen molar-refractivity contribution in [1.29, 1.82) is 5.26 Å². The molecule has 5 rings (SSSR count). The van der Waals surface area contributed by atoms with Gasteiger partial charge in [-0.05, 0) is 49.7 Å². The van der Waals surface area contributed by atoms with E-state index in [4.69, 9.17) is 14.4 Å². The number of aryl methyl sites for hydroxylation is 1. The number of rotatable bonds is 6. The van der Waals surface area contributed by atoms with Crippen molar-refractivity contribution in [2.24, 2.45) is 0 Å². The summed E-state index contributed by atoms with van der Waals surface area (Å²) in [5.74, 6) is -0.742. The Morgan fingerprint density at radius 1 is 1.24 bits per heavy atom. The van der Waals surface area contributed by atoms with E-state index in [1.807, 2.05) is 6.07 Å². The Balaban J connectivity index is 1.40. The molecule has 0 spiro atoms. The molecular weight excluding hydrogens is 490 g/mol. The lowest BCUT2D eigenvalue weighted by atomic mass is 10.1. The number of nitrogens with one attached hydrogen (secondary N) is 2. The Morgan fingerprint density at radius 3 is 2.84 bits per heavy atom. The minimum atomic E-state index is -0.852. The number of amides is 3. The van der Waals surface area contributed by atoms with E-state index < -0.39 is 23.4 Å². The highest BCUT2D eigenvalue weighted by molar-refractivity contribution is 6.07. The van der Waals surface area contributed by atoms with Crippen molar-refractivity contribution in [3.05, 3.63) is 87.9 Å². The fourth-order valence-electron chi connectivity index (χ4n) is 4.37. The first kappa shape index (κ1) is 24.5. The Kier molecular flexibility index (Phi) is 6.45. The van der Waals surface area contributed by atoms with Gasteiger partial charge in [0.25, 0.3) is 11.5 Å². The zero-order valence-corrected chi connectivity index (χ0v) is 20.2. The second kappa shape index (κ2) is 10.0. The van der Waals surface area contributed by atoms with Crippen LogP contribution in [0.15, 0.2) is 64.0 Å². The van der Waals surface area contributed by atoms with Gasteiger partial charge in [0.15, 0.2) is 5.76 Å². The van der Waals surface area contributed by atoms with Crippen molar-refractivity contribution in [3.63, 3.8) is 0 Å². The van der Waals surface area contributed by atoms with Crippen LogP contribution in [0.3, 0.4) is 0 Å². The lowest BCUT2D eigenvalue weighted by Crippen LogP contribution is -2.45. The largest absolute Gasteiger partial charge is 0.489 e. The van der Waals surface area contributed by atoms with Gasteiger partial charge in [0.1, 0.15) is 29.7 Å². The first-order valence-corrected chi connectivity index (χ1v) is 11.7. The molecule has 1 aliphatic heterocycles. The van der Waals surface area contributed by atoms with E-state index in [9.17, 15) is 19.2 Å². The van der Waals surface area contributed by atoms with Crippen molar-refractivity contribution < 1.29 is 23.5 Å². The van der Waals surface area contributed by atoms with Crippen molar-refractivity contribution in [1.82, 2.24) is 14.9 Å². The predicted molar refractivity (Wildman–Crippen MR) is 134 cm³/mol. The van der Waals surface area contributed by atoms with Crippen LogP contribution in [0.25, 0.3) is 10.9 Å². The number of piperidine rings is 1. The molecule has 3 amide bonds. The van der Waals surface area contributed by atoms with Crippen molar-refractivity contribution >= 4 is 34.3 Å². The third-order valence-electron chi connectivity index (χ3n) is 6.19. The van der Waals surface area contributed by atoms with Crippen molar-refractivity contribution in [2.75, 3.05) is 5.32 Å². The first-order valence-electron chi connectivity index (χ1n) is 11.7. The van der Waals surface area contributed by atoms with Gasteiger partial charge in [-0.3, -0.25) is 29.1 Å². The minimum absolute atomic E-state index is 0.0204. The quantitative estimate of drug-likeness (QED) is 0.374. The molecule has 3 heterocycles. The molecule has 1 unspecified atom stereocenters. The Morgan fingerprint density at radius 2 is 2.05 bits per heavy atom. The molecule has 1 aliphatic rings. The van der Waals surface area contributed by atoms with Gasteiger partial charge in [-0.1, -0.05) is 12.1 Å². The molecule has 190 valence electrons. The molecule has 0 radical (unpaired) electrons. The number of fused-ring (bicyclic) bond motifs is 1. The van der Waals surface area contributed by atoms with E-state index >= 15 is 0 Å². The summed E-state index contributed by atoms with van der Waals surface area (Å²) in [5, 5.41) is 14.3. The van der Waals surface area contributed by atoms with Crippen LogP contribution in [-0.4, -0.2) is 27.3 Å². The molecule has 11 nitrogen and oxygen atoms in total. The summed E-state index contributed by atoms with van der Waals surface area (Å²) in [7, 11) is 0. The van der Waals surface area contributed by atoms with Crippen molar-refractivity contribution in [2.45, 2.75) is 32.4 Å². The zero-order chi connectivity index (χ0) is 26.8. The average molecular weight is 511 g/mol. The fourth-order valence-corrected chi connectivity index (χ4v) is 4.37. The standard InChI is InChI=1S/C27H21N5O6/c1-15-29-23-19(27(36)32(15)21-8-9-22(33)31-25(21)34)6-3-7-20(23)30-26(35)24-17(10-11-37-24)14-38-18-5-2-4-16(12-18)13-28/h2-7,10-12,21H,8-9,14H2,1H3,(H,30,35)(H,31,33,34). The number of furan rings is 1. The average Bonchev–Trinajstić information content (AvgIpc) is 3.38. The van der Waals surface area contributed by atoms with E-state index in [1.54, 1.807) is 55.5 Å². The summed E-state index contributed by atoms with van der Waals surface area (Å²) in [6.07, 6.45) is 1.68. The number of hydrogen-bond donors (Lipinski definition) is 2. The molecular formula is C27H21N5O6. The normalized spacial score (nSPS) is 15.1. The number of nitriles is 1. The van der Waals surface area contributed by atoms with E-state index in [0.717, 1.165) is 0 Å². The molecule has 1 atom stereocenters. The van der Waals surface area contributed by atoms with Gasteiger partial charge in [-0.2, -0.15) is 5.26 Å². The van der Waals surface area contributed by atoms with Crippen molar-refractivity contribution in [3.8, 4) is 11.8 Å². The van der Waals surface area contributed by atoms with E-state index in [1.165, 1.54) is 10.8 Å². The second-order valence-electron chi connectivity index (χ2n) is 8.66. The number of benzene rings is 2. The molecule has 1 fully saturated rings. The topological polar surface area (TPSA) is 156 Å². The lowest BCUT2D eigenvalue weighted by molar-refractivity contribution is -0.135. The number of hydrogen-bond acceptors (Lipinski definition) is 8. The zero-order valence-electron chi connectivity index (χ0n) is 20.2. The SMILES string of the molecule is Cc1nc2c(NC(=O)c3occc3COc3cccc(C#N)c3)cccc2c(=O)n1C1CCC(=O)NC1=O.